The van der Waals surface area contributed by atoms with Crippen molar-refractivity contribution in [1.29, 1.82) is 0 Å². The molecule has 1 aromatic carbocycles. The van der Waals surface area contributed by atoms with Crippen molar-refractivity contribution in [3.05, 3.63) is 35.4 Å². The van der Waals surface area contributed by atoms with Gasteiger partial charge in [-0.05, 0) is 31.9 Å². The molecular weight excluding hydrogens is 364 g/mol. The average Bonchev–Trinajstić information content (AvgIpc) is 2.72. The van der Waals surface area contributed by atoms with Crippen molar-refractivity contribution < 1.29 is 19.1 Å². The zero-order valence-electron chi connectivity index (χ0n) is 18.7. The minimum atomic E-state index is -0.461. The molecule has 0 heterocycles. The molecule has 0 aliphatic heterocycles. The zero-order valence-corrected chi connectivity index (χ0v) is 18.7. The second-order valence-corrected chi connectivity index (χ2v) is 7.87. The second-order valence-electron chi connectivity index (χ2n) is 7.87. The standard InChI is InChI=1S/C25H40O4/c1-4-6-7-8-9-10-11-12-13-16-20-28-24(26)22-18-14-15-19-23(22)25(27)29-21(3)17-5-2/h14-15,18-19,21H,4-13,16-17,20H2,1-3H3. The molecule has 0 bridgehead atoms. The van der Waals surface area contributed by atoms with Crippen LogP contribution in [0.25, 0.3) is 0 Å². The minimum Gasteiger partial charge on any atom is -0.462 e. The fourth-order valence-corrected chi connectivity index (χ4v) is 3.38. The molecule has 4 nitrogen and oxygen atoms in total. The molecule has 0 amide bonds. The smallest absolute Gasteiger partial charge is 0.339 e. The van der Waals surface area contributed by atoms with E-state index in [2.05, 4.69) is 6.92 Å². The fourth-order valence-electron chi connectivity index (χ4n) is 3.38. The van der Waals surface area contributed by atoms with Gasteiger partial charge in [-0.15, -0.1) is 0 Å². The monoisotopic (exact) mass is 404 g/mol. The summed E-state index contributed by atoms with van der Waals surface area (Å²) in [6.45, 7) is 6.55. The first-order valence-electron chi connectivity index (χ1n) is 11.6. The van der Waals surface area contributed by atoms with Crippen molar-refractivity contribution >= 4 is 11.9 Å². The molecule has 1 unspecified atom stereocenters. The molecule has 1 aromatic rings. The molecule has 4 heteroatoms. The van der Waals surface area contributed by atoms with Gasteiger partial charge >= 0.3 is 11.9 Å². The number of esters is 2. The lowest BCUT2D eigenvalue weighted by Gasteiger charge is -2.14. The van der Waals surface area contributed by atoms with Gasteiger partial charge in [-0.2, -0.15) is 0 Å². The summed E-state index contributed by atoms with van der Waals surface area (Å²) in [6.07, 6.45) is 13.9. The summed E-state index contributed by atoms with van der Waals surface area (Å²) < 4.78 is 10.8. The predicted molar refractivity (Wildman–Crippen MR) is 118 cm³/mol. The fraction of sp³-hybridized carbons (Fsp3) is 0.680. The highest BCUT2D eigenvalue weighted by Crippen LogP contribution is 2.15. The normalized spacial score (nSPS) is 11.8. The van der Waals surface area contributed by atoms with Gasteiger partial charge in [0.1, 0.15) is 0 Å². The number of unbranched alkanes of at least 4 members (excludes halogenated alkanes) is 9. The van der Waals surface area contributed by atoms with E-state index < -0.39 is 11.9 Å². The van der Waals surface area contributed by atoms with E-state index in [1.165, 1.54) is 51.4 Å². The molecule has 0 N–H and O–H groups in total. The van der Waals surface area contributed by atoms with Gasteiger partial charge in [-0.3, -0.25) is 0 Å². The number of rotatable bonds is 16. The summed E-state index contributed by atoms with van der Waals surface area (Å²) in [5.74, 6) is -0.908. The largest absolute Gasteiger partial charge is 0.462 e. The molecule has 0 spiro atoms. The predicted octanol–water partition coefficient (Wildman–Crippen LogP) is 7.11. The molecule has 164 valence electrons. The first-order chi connectivity index (χ1) is 14.1. The first kappa shape index (κ1) is 25.2. The molecule has 1 atom stereocenters. The lowest BCUT2D eigenvalue weighted by Crippen LogP contribution is -2.18. The number of ether oxygens (including phenoxy) is 2. The van der Waals surface area contributed by atoms with Crippen LogP contribution in [0.15, 0.2) is 24.3 Å². The number of hydrogen-bond donors (Lipinski definition) is 0. The molecule has 0 aliphatic carbocycles. The Morgan fingerprint density at radius 1 is 0.759 bits per heavy atom. The first-order valence-corrected chi connectivity index (χ1v) is 11.6. The maximum Gasteiger partial charge on any atom is 0.339 e. The van der Waals surface area contributed by atoms with Crippen molar-refractivity contribution in [3.8, 4) is 0 Å². The molecule has 0 radical (unpaired) electrons. The van der Waals surface area contributed by atoms with Gasteiger partial charge in [0.25, 0.3) is 0 Å². The van der Waals surface area contributed by atoms with Crippen LogP contribution in [0.5, 0.6) is 0 Å². The second kappa shape index (κ2) is 16.0. The Balaban J connectivity index is 2.28. The van der Waals surface area contributed by atoms with E-state index in [0.29, 0.717) is 6.61 Å². The van der Waals surface area contributed by atoms with Crippen molar-refractivity contribution in [2.75, 3.05) is 6.61 Å². The number of benzene rings is 1. The van der Waals surface area contributed by atoms with E-state index in [1.54, 1.807) is 24.3 Å². The minimum absolute atomic E-state index is 0.164. The van der Waals surface area contributed by atoms with Crippen LogP contribution in [0.4, 0.5) is 0 Å². The summed E-state index contributed by atoms with van der Waals surface area (Å²) >= 11 is 0. The third kappa shape index (κ3) is 11.1. The van der Waals surface area contributed by atoms with Gasteiger partial charge in [0.15, 0.2) is 0 Å². The quantitative estimate of drug-likeness (QED) is 0.218. The summed E-state index contributed by atoms with van der Waals surface area (Å²) in [6, 6.07) is 6.73. The Hall–Kier alpha value is -1.84. The molecule has 0 aromatic heterocycles. The van der Waals surface area contributed by atoms with Crippen molar-refractivity contribution in [2.24, 2.45) is 0 Å². The van der Waals surface area contributed by atoms with Crippen molar-refractivity contribution in [1.82, 2.24) is 0 Å². The summed E-state index contributed by atoms with van der Waals surface area (Å²) in [5, 5.41) is 0. The van der Waals surface area contributed by atoms with E-state index >= 15 is 0 Å². The van der Waals surface area contributed by atoms with Gasteiger partial charge < -0.3 is 9.47 Å². The topological polar surface area (TPSA) is 52.6 Å². The molecule has 0 saturated carbocycles. The van der Waals surface area contributed by atoms with Crippen LogP contribution in [0.1, 0.15) is 119 Å². The van der Waals surface area contributed by atoms with Gasteiger partial charge in [0.05, 0.1) is 23.8 Å². The highest BCUT2D eigenvalue weighted by molar-refractivity contribution is 6.03. The highest BCUT2D eigenvalue weighted by atomic mass is 16.5. The lowest BCUT2D eigenvalue weighted by atomic mass is 10.1. The molecule has 0 aliphatic rings. The molecule has 0 fully saturated rings. The number of carbonyl (C=O) groups is 2. The van der Waals surface area contributed by atoms with Crippen LogP contribution in [-0.2, 0) is 9.47 Å². The Morgan fingerprint density at radius 2 is 1.28 bits per heavy atom. The third-order valence-electron chi connectivity index (χ3n) is 5.10. The van der Waals surface area contributed by atoms with E-state index in [9.17, 15) is 9.59 Å². The Bertz CT molecular complexity index is 582. The van der Waals surface area contributed by atoms with Crippen molar-refractivity contribution in [2.45, 2.75) is 104 Å². The van der Waals surface area contributed by atoms with Crippen LogP contribution in [-0.4, -0.2) is 24.6 Å². The Morgan fingerprint density at radius 3 is 1.83 bits per heavy atom. The lowest BCUT2D eigenvalue weighted by molar-refractivity contribution is 0.0311. The SMILES string of the molecule is CCCCCCCCCCCCOC(=O)c1ccccc1C(=O)OC(C)CCC. The Labute approximate surface area is 177 Å². The van der Waals surface area contributed by atoms with Crippen LogP contribution < -0.4 is 0 Å². The van der Waals surface area contributed by atoms with Crippen LogP contribution in [0.3, 0.4) is 0 Å². The summed E-state index contributed by atoms with van der Waals surface area (Å²) in [5.41, 5.74) is 0.566. The van der Waals surface area contributed by atoms with Gasteiger partial charge in [-0.1, -0.05) is 90.2 Å². The van der Waals surface area contributed by atoms with E-state index in [4.69, 9.17) is 9.47 Å². The number of carbonyl (C=O) groups excluding carboxylic acids is 2. The molecule has 29 heavy (non-hydrogen) atoms. The van der Waals surface area contributed by atoms with Crippen LogP contribution in [0.2, 0.25) is 0 Å². The maximum atomic E-state index is 12.4. The molecule has 1 rings (SSSR count). The molecule has 0 saturated heterocycles. The van der Waals surface area contributed by atoms with Crippen LogP contribution >= 0.6 is 0 Å². The van der Waals surface area contributed by atoms with E-state index in [-0.39, 0.29) is 17.2 Å². The summed E-state index contributed by atoms with van der Waals surface area (Å²) in [4.78, 5) is 24.8. The van der Waals surface area contributed by atoms with E-state index in [0.717, 1.165) is 25.7 Å². The third-order valence-corrected chi connectivity index (χ3v) is 5.10. The maximum absolute atomic E-state index is 12.4. The molecular formula is C25H40O4. The average molecular weight is 405 g/mol. The van der Waals surface area contributed by atoms with Crippen LogP contribution in [0, 0.1) is 0 Å². The Kier molecular flexibility index (Phi) is 13.9. The van der Waals surface area contributed by atoms with Crippen molar-refractivity contribution in [3.63, 3.8) is 0 Å². The van der Waals surface area contributed by atoms with Gasteiger partial charge in [0.2, 0.25) is 0 Å². The summed E-state index contributed by atoms with van der Waals surface area (Å²) in [7, 11) is 0. The number of hydrogen-bond acceptors (Lipinski definition) is 4. The van der Waals surface area contributed by atoms with Gasteiger partial charge in [0, 0.05) is 0 Å². The van der Waals surface area contributed by atoms with E-state index in [1.807, 2.05) is 13.8 Å². The van der Waals surface area contributed by atoms with Gasteiger partial charge in [-0.25, -0.2) is 9.59 Å². The highest BCUT2D eigenvalue weighted by Gasteiger charge is 2.20. The zero-order chi connectivity index (χ0) is 21.3.